The van der Waals surface area contributed by atoms with Gasteiger partial charge in [-0.3, -0.25) is 4.79 Å². The lowest BCUT2D eigenvalue weighted by molar-refractivity contribution is -0.167. The van der Waals surface area contributed by atoms with Crippen molar-refractivity contribution in [1.29, 1.82) is 0 Å². The molecule has 0 aromatic heterocycles. The number of halogens is 3. The lowest BCUT2D eigenvalue weighted by Crippen LogP contribution is -2.55. The molecule has 0 aromatic carbocycles. The van der Waals surface area contributed by atoms with Gasteiger partial charge in [-0.15, -0.1) is 0 Å². The van der Waals surface area contributed by atoms with Crippen molar-refractivity contribution in [1.82, 2.24) is 10.2 Å². The molecule has 0 bridgehead atoms. The Kier molecular flexibility index (Phi) is 5.17. The quantitative estimate of drug-likeness (QED) is 0.847. The standard InChI is InChI=1S/C15H25F3N2O/c1-3-11-6-7-19-13(8-11)14(21)20(9-15(16,17)18)10(2)12-4-5-12/h10-13,19H,3-9H2,1-2H3. The number of carbonyl (C=O) groups excluding carboxylic acids is 1. The van der Waals surface area contributed by atoms with Crippen molar-refractivity contribution < 1.29 is 18.0 Å². The SMILES string of the molecule is CCC1CCNC(C(=O)N(CC(F)(F)F)C(C)C2CC2)C1. The predicted octanol–water partition coefficient (Wildman–Crippen LogP) is 2.95. The molecule has 1 aliphatic carbocycles. The van der Waals surface area contributed by atoms with E-state index in [0.717, 1.165) is 30.6 Å². The second kappa shape index (κ2) is 6.55. The molecule has 0 radical (unpaired) electrons. The van der Waals surface area contributed by atoms with Gasteiger partial charge in [-0.1, -0.05) is 13.3 Å². The minimum Gasteiger partial charge on any atom is -0.329 e. The molecule has 6 heteroatoms. The summed E-state index contributed by atoms with van der Waals surface area (Å²) in [5.74, 6) is 0.302. The summed E-state index contributed by atoms with van der Waals surface area (Å²) < 4.78 is 38.4. The Labute approximate surface area is 124 Å². The minimum absolute atomic E-state index is 0.238. The van der Waals surface area contributed by atoms with Gasteiger partial charge in [0.2, 0.25) is 5.91 Å². The van der Waals surface area contributed by atoms with Crippen molar-refractivity contribution in [2.75, 3.05) is 13.1 Å². The van der Waals surface area contributed by atoms with Crippen LogP contribution in [0.1, 0.15) is 46.0 Å². The summed E-state index contributed by atoms with van der Waals surface area (Å²) in [7, 11) is 0. The molecule has 2 rings (SSSR count). The predicted molar refractivity (Wildman–Crippen MR) is 74.8 cm³/mol. The fourth-order valence-corrected chi connectivity index (χ4v) is 3.20. The highest BCUT2D eigenvalue weighted by atomic mass is 19.4. The highest BCUT2D eigenvalue weighted by molar-refractivity contribution is 5.82. The third-order valence-corrected chi connectivity index (χ3v) is 4.82. The number of hydrogen-bond donors (Lipinski definition) is 1. The molecule has 1 aliphatic heterocycles. The van der Waals surface area contributed by atoms with E-state index in [1.807, 2.05) is 0 Å². The van der Waals surface area contributed by atoms with Crippen LogP contribution in [0.3, 0.4) is 0 Å². The summed E-state index contributed by atoms with van der Waals surface area (Å²) in [4.78, 5) is 13.6. The van der Waals surface area contributed by atoms with Gasteiger partial charge in [0, 0.05) is 6.04 Å². The molecule has 1 amide bonds. The van der Waals surface area contributed by atoms with Crippen molar-refractivity contribution >= 4 is 5.91 Å². The molecule has 3 atom stereocenters. The van der Waals surface area contributed by atoms with Crippen LogP contribution in [0.5, 0.6) is 0 Å². The highest BCUT2D eigenvalue weighted by Crippen LogP contribution is 2.36. The molecule has 0 spiro atoms. The second-order valence-electron chi connectivity index (χ2n) is 6.46. The maximum absolute atomic E-state index is 12.8. The topological polar surface area (TPSA) is 32.3 Å². The third-order valence-electron chi connectivity index (χ3n) is 4.82. The van der Waals surface area contributed by atoms with Gasteiger partial charge < -0.3 is 10.2 Å². The molecule has 3 nitrogen and oxygen atoms in total. The molecule has 1 heterocycles. The zero-order valence-corrected chi connectivity index (χ0v) is 12.7. The van der Waals surface area contributed by atoms with Crippen molar-refractivity contribution in [3.63, 3.8) is 0 Å². The molecule has 1 N–H and O–H groups in total. The van der Waals surface area contributed by atoms with Gasteiger partial charge in [0.05, 0.1) is 6.04 Å². The molecule has 2 fully saturated rings. The molecular weight excluding hydrogens is 281 g/mol. The number of carbonyl (C=O) groups is 1. The number of nitrogens with zero attached hydrogens (tertiary/aromatic N) is 1. The first-order chi connectivity index (χ1) is 9.81. The first-order valence-electron chi connectivity index (χ1n) is 7.92. The van der Waals surface area contributed by atoms with Crippen LogP contribution in [0.25, 0.3) is 0 Å². The monoisotopic (exact) mass is 306 g/mol. The Bertz CT molecular complexity index is 368. The average Bonchev–Trinajstić information content (AvgIpc) is 3.27. The Morgan fingerprint density at radius 1 is 1.33 bits per heavy atom. The van der Waals surface area contributed by atoms with E-state index in [4.69, 9.17) is 0 Å². The first kappa shape index (κ1) is 16.6. The molecule has 122 valence electrons. The zero-order chi connectivity index (χ0) is 15.6. The number of nitrogens with one attached hydrogen (secondary N) is 1. The maximum atomic E-state index is 12.8. The molecule has 0 aromatic rings. The fourth-order valence-electron chi connectivity index (χ4n) is 3.20. The van der Waals surface area contributed by atoms with Crippen LogP contribution in [0.4, 0.5) is 13.2 Å². The Morgan fingerprint density at radius 2 is 2.00 bits per heavy atom. The average molecular weight is 306 g/mol. The summed E-state index contributed by atoms with van der Waals surface area (Å²) in [6, 6.07) is -0.768. The van der Waals surface area contributed by atoms with E-state index in [9.17, 15) is 18.0 Å². The molecule has 1 saturated carbocycles. The zero-order valence-electron chi connectivity index (χ0n) is 12.7. The maximum Gasteiger partial charge on any atom is 0.406 e. The van der Waals surface area contributed by atoms with Crippen LogP contribution in [-0.2, 0) is 4.79 Å². The van der Waals surface area contributed by atoms with E-state index in [-0.39, 0.29) is 17.9 Å². The smallest absolute Gasteiger partial charge is 0.329 e. The molecule has 3 unspecified atom stereocenters. The largest absolute Gasteiger partial charge is 0.406 e. The van der Waals surface area contributed by atoms with Crippen LogP contribution in [0.2, 0.25) is 0 Å². The minimum atomic E-state index is -4.34. The van der Waals surface area contributed by atoms with Gasteiger partial charge in [0.15, 0.2) is 0 Å². The molecule has 21 heavy (non-hydrogen) atoms. The van der Waals surface area contributed by atoms with Crippen LogP contribution in [0.15, 0.2) is 0 Å². The van der Waals surface area contributed by atoms with E-state index in [1.54, 1.807) is 6.92 Å². The van der Waals surface area contributed by atoms with Crippen LogP contribution >= 0.6 is 0 Å². The summed E-state index contributed by atoms with van der Waals surface area (Å²) in [5.41, 5.74) is 0. The van der Waals surface area contributed by atoms with Gasteiger partial charge in [-0.05, 0) is 51.0 Å². The van der Waals surface area contributed by atoms with E-state index in [2.05, 4.69) is 12.2 Å². The lowest BCUT2D eigenvalue weighted by Gasteiger charge is -2.36. The Balaban J connectivity index is 2.05. The van der Waals surface area contributed by atoms with Gasteiger partial charge >= 0.3 is 6.18 Å². The third kappa shape index (κ3) is 4.59. The van der Waals surface area contributed by atoms with Crippen molar-refractivity contribution in [3.8, 4) is 0 Å². The molecular formula is C15H25F3N2O. The number of alkyl halides is 3. The lowest BCUT2D eigenvalue weighted by atomic mass is 9.89. The number of rotatable bonds is 5. The Morgan fingerprint density at radius 3 is 2.52 bits per heavy atom. The van der Waals surface area contributed by atoms with Gasteiger partial charge in [0.25, 0.3) is 0 Å². The van der Waals surface area contributed by atoms with Gasteiger partial charge in [0.1, 0.15) is 6.54 Å². The summed E-state index contributed by atoms with van der Waals surface area (Å²) in [5, 5.41) is 3.11. The van der Waals surface area contributed by atoms with Gasteiger partial charge in [-0.2, -0.15) is 13.2 Å². The van der Waals surface area contributed by atoms with Crippen LogP contribution < -0.4 is 5.32 Å². The summed E-state index contributed by atoms with van der Waals surface area (Å²) >= 11 is 0. The Hall–Kier alpha value is -0.780. The highest BCUT2D eigenvalue weighted by Gasteiger charge is 2.42. The molecule has 2 aliphatic rings. The van der Waals surface area contributed by atoms with Crippen molar-refractivity contribution in [3.05, 3.63) is 0 Å². The van der Waals surface area contributed by atoms with E-state index >= 15 is 0 Å². The van der Waals surface area contributed by atoms with Gasteiger partial charge in [-0.25, -0.2) is 0 Å². The van der Waals surface area contributed by atoms with Crippen LogP contribution in [0, 0.1) is 11.8 Å². The van der Waals surface area contributed by atoms with Crippen molar-refractivity contribution in [2.24, 2.45) is 11.8 Å². The number of piperidine rings is 1. The second-order valence-corrected chi connectivity index (χ2v) is 6.46. The summed E-state index contributed by atoms with van der Waals surface area (Å²) in [6.45, 7) is 3.41. The van der Waals surface area contributed by atoms with E-state index in [1.165, 1.54) is 0 Å². The van der Waals surface area contributed by atoms with E-state index < -0.39 is 18.8 Å². The van der Waals surface area contributed by atoms with Crippen molar-refractivity contribution in [2.45, 2.75) is 64.2 Å². The number of hydrogen-bond acceptors (Lipinski definition) is 2. The normalized spacial score (nSPS) is 28.2. The van der Waals surface area contributed by atoms with E-state index in [0.29, 0.717) is 18.9 Å². The number of amides is 1. The fraction of sp³-hybridized carbons (Fsp3) is 0.933. The van der Waals surface area contributed by atoms with Crippen LogP contribution in [-0.4, -0.2) is 42.2 Å². The molecule has 1 saturated heterocycles. The summed E-state index contributed by atoms with van der Waals surface area (Å²) in [6.07, 6.45) is 0.149. The first-order valence-corrected chi connectivity index (χ1v) is 7.92.